The van der Waals surface area contributed by atoms with E-state index in [1.165, 1.54) is 36.4 Å². The van der Waals surface area contributed by atoms with Crippen LogP contribution in [0.15, 0.2) is 48.5 Å². The highest BCUT2D eigenvalue weighted by atomic mass is 19.1. The first-order valence-electron chi connectivity index (χ1n) is 7.02. The first-order chi connectivity index (χ1) is 11.0. The summed E-state index contributed by atoms with van der Waals surface area (Å²) >= 11 is 0. The summed E-state index contributed by atoms with van der Waals surface area (Å²) in [7, 11) is 0. The van der Waals surface area contributed by atoms with Gasteiger partial charge in [0.25, 0.3) is 0 Å². The summed E-state index contributed by atoms with van der Waals surface area (Å²) in [5.74, 6) is -2.18. The molecule has 0 radical (unpaired) electrons. The molecular weight excluding hydrogens is 302 g/mol. The Labute approximate surface area is 132 Å². The molecule has 2 aromatic rings. The molecule has 1 atom stereocenters. The van der Waals surface area contributed by atoms with E-state index >= 15 is 0 Å². The number of amides is 2. The van der Waals surface area contributed by atoms with Crippen LogP contribution in [0.2, 0.25) is 0 Å². The molecule has 2 amide bonds. The summed E-state index contributed by atoms with van der Waals surface area (Å²) < 4.78 is 26.7. The van der Waals surface area contributed by atoms with Crippen molar-refractivity contribution in [1.82, 2.24) is 5.32 Å². The van der Waals surface area contributed by atoms with Crippen LogP contribution in [0.4, 0.5) is 8.78 Å². The Balaban J connectivity index is 2.03. The molecular formula is C17H16F2N2O2. The Bertz CT molecular complexity index is 719. The van der Waals surface area contributed by atoms with E-state index in [2.05, 4.69) is 5.32 Å². The molecule has 0 unspecified atom stereocenters. The highest BCUT2D eigenvalue weighted by Gasteiger charge is 2.20. The lowest BCUT2D eigenvalue weighted by atomic mass is 10.0. The summed E-state index contributed by atoms with van der Waals surface area (Å²) in [6, 6.07) is 10.5. The molecule has 0 aliphatic carbocycles. The van der Waals surface area contributed by atoms with E-state index in [9.17, 15) is 18.4 Å². The topological polar surface area (TPSA) is 72.2 Å². The summed E-state index contributed by atoms with van der Waals surface area (Å²) in [5, 5.41) is 2.46. The van der Waals surface area contributed by atoms with Crippen molar-refractivity contribution in [3.8, 4) is 0 Å². The second-order valence-electron chi connectivity index (χ2n) is 5.12. The molecule has 0 saturated carbocycles. The van der Waals surface area contributed by atoms with Gasteiger partial charge in [-0.05, 0) is 29.3 Å². The average molecular weight is 318 g/mol. The van der Waals surface area contributed by atoms with Crippen LogP contribution in [-0.4, -0.2) is 17.9 Å². The molecule has 120 valence electrons. The second-order valence-corrected chi connectivity index (χ2v) is 5.12. The van der Waals surface area contributed by atoms with Gasteiger partial charge in [0.1, 0.15) is 17.7 Å². The average Bonchev–Trinajstić information content (AvgIpc) is 2.48. The first kappa shape index (κ1) is 16.6. The molecule has 0 aliphatic heterocycles. The molecule has 0 aliphatic rings. The van der Waals surface area contributed by atoms with Crippen molar-refractivity contribution in [3.05, 3.63) is 71.3 Å². The van der Waals surface area contributed by atoms with Crippen molar-refractivity contribution in [2.24, 2.45) is 5.73 Å². The number of hydrogen-bond acceptors (Lipinski definition) is 2. The van der Waals surface area contributed by atoms with Gasteiger partial charge in [-0.2, -0.15) is 0 Å². The molecule has 0 fully saturated rings. The molecule has 0 aromatic heterocycles. The largest absolute Gasteiger partial charge is 0.368 e. The lowest BCUT2D eigenvalue weighted by molar-refractivity contribution is -0.127. The number of primary amides is 1. The fourth-order valence-electron chi connectivity index (χ4n) is 2.18. The van der Waals surface area contributed by atoms with Crippen molar-refractivity contribution >= 4 is 11.8 Å². The van der Waals surface area contributed by atoms with Gasteiger partial charge >= 0.3 is 0 Å². The Morgan fingerprint density at radius 2 is 1.83 bits per heavy atom. The van der Waals surface area contributed by atoms with Crippen molar-refractivity contribution in [3.63, 3.8) is 0 Å². The van der Waals surface area contributed by atoms with Gasteiger partial charge in [0.05, 0.1) is 6.42 Å². The lowest BCUT2D eigenvalue weighted by Gasteiger charge is -2.16. The molecule has 2 rings (SSSR count). The molecule has 0 heterocycles. The zero-order chi connectivity index (χ0) is 16.8. The van der Waals surface area contributed by atoms with Crippen LogP contribution in [0.1, 0.15) is 11.1 Å². The summed E-state index contributed by atoms with van der Waals surface area (Å²) in [5.41, 5.74) is 6.01. The molecule has 0 bridgehead atoms. The smallest absolute Gasteiger partial charge is 0.240 e. The Kier molecular flexibility index (Phi) is 5.41. The predicted octanol–water partition coefficient (Wildman–Crippen LogP) is 1.72. The number of carbonyl (C=O) groups excluding carboxylic acids is 2. The van der Waals surface area contributed by atoms with E-state index in [-0.39, 0.29) is 18.4 Å². The number of nitrogens with one attached hydrogen (secondary N) is 1. The van der Waals surface area contributed by atoms with E-state index < -0.39 is 29.5 Å². The minimum absolute atomic E-state index is 0.0447. The van der Waals surface area contributed by atoms with Crippen molar-refractivity contribution < 1.29 is 18.4 Å². The van der Waals surface area contributed by atoms with Crippen molar-refractivity contribution in [2.45, 2.75) is 18.9 Å². The summed E-state index contributed by atoms with van der Waals surface area (Å²) in [6.07, 6.45) is -0.143. The monoisotopic (exact) mass is 318 g/mol. The van der Waals surface area contributed by atoms with Gasteiger partial charge in [-0.1, -0.05) is 30.3 Å². The number of nitrogens with two attached hydrogens (primary N) is 1. The Morgan fingerprint density at radius 3 is 2.48 bits per heavy atom. The lowest BCUT2D eigenvalue weighted by Crippen LogP contribution is -2.46. The first-order valence-corrected chi connectivity index (χ1v) is 7.02. The van der Waals surface area contributed by atoms with Crippen LogP contribution in [-0.2, 0) is 22.4 Å². The van der Waals surface area contributed by atoms with Crippen LogP contribution < -0.4 is 11.1 Å². The Morgan fingerprint density at radius 1 is 1.09 bits per heavy atom. The molecule has 0 spiro atoms. The molecule has 0 saturated heterocycles. The molecule has 6 heteroatoms. The molecule has 23 heavy (non-hydrogen) atoms. The van der Waals surface area contributed by atoms with Crippen molar-refractivity contribution in [1.29, 1.82) is 0 Å². The molecule has 2 aromatic carbocycles. The number of rotatable bonds is 6. The third kappa shape index (κ3) is 4.88. The van der Waals surface area contributed by atoms with Crippen LogP contribution in [0, 0.1) is 11.6 Å². The van der Waals surface area contributed by atoms with E-state index in [0.717, 1.165) is 0 Å². The van der Waals surface area contributed by atoms with E-state index in [1.54, 1.807) is 12.1 Å². The zero-order valence-corrected chi connectivity index (χ0v) is 12.3. The normalized spacial score (nSPS) is 11.7. The van der Waals surface area contributed by atoms with E-state index in [0.29, 0.717) is 5.56 Å². The second kappa shape index (κ2) is 7.49. The highest BCUT2D eigenvalue weighted by molar-refractivity contribution is 5.87. The number of hydrogen-bond donors (Lipinski definition) is 2. The maximum absolute atomic E-state index is 13.6. The predicted molar refractivity (Wildman–Crippen MR) is 81.3 cm³/mol. The maximum atomic E-state index is 13.6. The number of benzene rings is 2. The standard InChI is InChI=1S/C17H16F2N2O2/c18-13-6-3-4-11(8-13)9-16(22)21-15(17(20)23)10-12-5-1-2-7-14(12)19/h1-8,15H,9-10H2,(H2,20,23)(H,21,22)/t15-/m0/s1. The molecule has 4 nitrogen and oxygen atoms in total. The molecule has 3 N–H and O–H groups in total. The van der Waals surface area contributed by atoms with Crippen LogP contribution in [0.3, 0.4) is 0 Å². The van der Waals surface area contributed by atoms with Gasteiger partial charge in [0, 0.05) is 6.42 Å². The Hall–Kier alpha value is -2.76. The fourth-order valence-corrected chi connectivity index (χ4v) is 2.18. The van der Waals surface area contributed by atoms with Crippen LogP contribution in [0.5, 0.6) is 0 Å². The minimum atomic E-state index is -1.03. The fraction of sp³-hybridized carbons (Fsp3) is 0.176. The van der Waals surface area contributed by atoms with Gasteiger partial charge in [-0.25, -0.2) is 8.78 Å². The van der Waals surface area contributed by atoms with Gasteiger partial charge in [0.15, 0.2) is 0 Å². The quantitative estimate of drug-likeness (QED) is 0.851. The van der Waals surface area contributed by atoms with Gasteiger partial charge in [-0.3, -0.25) is 9.59 Å². The summed E-state index contributed by atoms with van der Waals surface area (Å²) in [6.45, 7) is 0. The van der Waals surface area contributed by atoms with E-state index in [1.807, 2.05) is 0 Å². The SMILES string of the molecule is NC(=O)[C@H](Cc1ccccc1F)NC(=O)Cc1cccc(F)c1. The highest BCUT2D eigenvalue weighted by Crippen LogP contribution is 2.10. The van der Waals surface area contributed by atoms with Gasteiger partial charge < -0.3 is 11.1 Å². The van der Waals surface area contributed by atoms with Crippen molar-refractivity contribution in [2.75, 3.05) is 0 Å². The van der Waals surface area contributed by atoms with Crippen LogP contribution >= 0.6 is 0 Å². The summed E-state index contributed by atoms with van der Waals surface area (Å²) in [4.78, 5) is 23.5. The third-order valence-corrected chi connectivity index (χ3v) is 3.31. The minimum Gasteiger partial charge on any atom is -0.368 e. The number of halogens is 2. The van der Waals surface area contributed by atoms with Crippen LogP contribution in [0.25, 0.3) is 0 Å². The van der Waals surface area contributed by atoms with Gasteiger partial charge in [-0.15, -0.1) is 0 Å². The van der Waals surface area contributed by atoms with Gasteiger partial charge in [0.2, 0.25) is 11.8 Å². The zero-order valence-electron chi connectivity index (χ0n) is 12.3. The third-order valence-electron chi connectivity index (χ3n) is 3.31. The maximum Gasteiger partial charge on any atom is 0.240 e. The number of carbonyl (C=O) groups is 2. The van der Waals surface area contributed by atoms with E-state index in [4.69, 9.17) is 5.73 Å².